The minimum Gasteiger partial charge on any atom is -0.508 e. The summed E-state index contributed by atoms with van der Waals surface area (Å²) in [5.74, 6) is 0.779. The molecule has 0 saturated carbocycles. The smallest absolute Gasteiger partial charge is 0.348 e. The molecule has 4 aromatic carbocycles. The largest absolute Gasteiger partial charge is 0.508 e. The molecule has 0 radical (unpaired) electrons. The minimum absolute atomic E-state index is 0.0303. The van der Waals surface area contributed by atoms with Crippen molar-refractivity contribution in [3.63, 3.8) is 0 Å². The number of rotatable bonds is 12. The molecule has 14 nitrogen and oxygen atoms in total. The van der Waals surface area contributed by atoms with Crippen LogP contribution >= 0.6 is 11.3 Å². The minimum atomic E-state index is -4.41. The number of quaternary nitrogens is 1. The first-order chi connectivity index (χ1) is 27.2. The van der Waals surface area contributed by atoms with Crippen LogP contribution in [0.5, 0.6) is 23.0 Å². The molecule has 0 spiro atoms. The molecule has 2 aliphatic rings. The van der Waals surface area contributed by atoms with E-state index in [0.717, 1.165) is 24.6 Å². The number of likely N-dealkylation sites (N-methyl/N-ethyl adjacent to an activating group) is 1. The van der Waals surface area contributed by atoms with Gasteiger partial charge in [0, 0.05) is 16.6 Å². The summed E-state index contributed by atoms with van der Waals surface area (Å²) in [6, 6.07) is 24.1. The first-order valence-corrected chi connectivity index (χ1v) is 21.8. The summed E-state index contributed by atoms with van der Waals surface area (Å²) in [6.07, 6.45) is 1.42. The quantitative estimate of drug-likeness (QED) is 0.106. The van der Waals surface area contributed by atoms with Gasteiger partial charge in [-0.15, -0.1) is 11.3 Å². The number of aromatic hydroxyl groups is 1. The van der Waals surface area contributed by atoms with E-state index in [9.17, 15) is 31.5 Å². The van der Waals surface area contributed by atoms with E-state index in [1.807, 2.05) is 18.2 Å². The van der Waals surface area contributed by atoms with Gasteiger partial charge in [-0.1, -0.05) is 30.3 Å². The third-order valence-corrected chi connectivity index (χ3v) is 14.4. The van der Waals surface area contributed by atoms with Gasteiger partial charge in [0.15, 0.2) is 15.7 Å². The van der Waals surface area contributed by atoms with Gasteiger partial charge >= 0.3 is 16.1 Å². The number of nitrogens with one attached hydrogen (secondary N) is 1. The zero-order valence-electron chi connectivity index (χ0n) is 30.8. The second-order valence-electron chi connectivity index (χ2n) is 14.3. The molecule has 4 N–H and O–H groups in total. The van der Waals surface area contributed by atoms with Gasteiger partial charge in [0.1, 0.15) is 24.6 Å². The number of phenolic OH excluding ortho intramolecular Hbond substituents is 1. The Morgan fingerprint density at radius 3 is 2.37 bits per heavy atom. The predicted molar refractivity (Wildman–Crippen MR) is 211 cm³/mol. The van der Waals surface area contributed by atoms with Crippen molar-refractivity contribution in [1.82, 2.24) is 4.90 Å². The topological polar surface area (TPSA) is 192 Å². The average molecular weight is 834 g/mol. The van der Waals surface area contributed by atoms with E-state index in [1.165, 1.54) is 58.8 Å². The van der Waals surface area contributed by atoms with Crippen LogP contribution in [0.1, 0.15) is 24.0 Å². The molecule has 7 rings (SSSR count). The second kappa shape index (κ2) is 16.2. The Hall–Kier alpha value is -5.46. The van der Waals surface area contributed by atoms with Crippen molar-refractivity contribution < 1.29 is 49.7 Å². The van der Waals surface area contributed by atoms with Crippen LogP contribution in [0, 0.1) is 0 Å². The number of sulfone groups is 1. The number of hydrogen-bond donors (Lipinski definition) is 3. The maximum absolute atomic E-state index is 14.2. The standard InChI is InChI=1S/C40H40N4O10S3/c1-44(23-28-11-18-36-37(21-28)53-26-52-36)19-5-6-30(24-44)43(39(46)35(41)20-27-9-14-31(45)15-10-27)40(47)42-29-12-16-32(17-13-29)54-57(50,51)38-22-34(25-55-38)56(48,49)33-7-3-2-4-8-33/h2-4,7-18,21-22,25,30,35H,5-6,19-20,23-24,26,41H2,1H3,(H-,42,45,47)/p+1/t30-,35-,44?/m0/s1. The fourth-order valence-electron chi connectivity index (χ4n) is 7.09. The highest BCUT2D eigenvalue weighted by Crippen LogP contribution is 2.35. The number of fused-ring (bicyclic) bond motifs is 1. The Labute approximate surface area is 334 Å². The number of piperidine rings is 1. The summed E-state index contributed by atoms with van der Waals surface area (Å²) >= 11 is 0.716. The molecule has 57 heavy (non-hydrogen) atoms. The highest BCUT2D eigenvalue weighted by atomic mass is 32.3. The SMILES string of the molecule is C[N+]1(Cc2ccc3c(c2)OCO3)CCC[C@H](N(C(=O)Nc2ccc(OS(=O)(=O)c3cc(S(=O)(=O)c4ccccc4)cs3)cc2)C(=O)[C@@H](N)Cc2ccc(O)cc2)C1. The van der Waals surface area contributed by atoms with Crippen LogP contribution < -0.4 is 24.7 Å². The summed E-state index contributed by atoms with van der Waals surface area (Å²) in [4.78, 5) is 29.3. The molecule has 1 unspecified atom stereocenters. The van der Waals surface area contributed by atoms with Crippen LogP contribution in [0.4, 0.5) is 10.5 Å². The molecule has 1 aromatic heterocycles. The number of hydrogen-bond acceptors (Lipinski definition) is 12. The lowest BCUT2D eigenvalue weighted by Gasteiger charge is -2.44. The molecule has 1 saturated heterocycles. The van der Waals surface area contributed by atoms with E-state index in [0.29, 0.717) is 52.4 Å². The Kier molecular flexibility index (Phi) is 11.3. The van der Waals surface area contributed by atoms with E-state index < -0.39 is 44.0 Å². The van der Waals surface area contributed by atoms with Crippen molar-refractivity contribution in [2.75, 3.05) is 32.2 Å². The number of amides is 3. The zero-order chi connectivity index (χ0) is 40.4. The number of carbonyl (C=O) groups is 2. The van der Waals surface area contributed by atoms with Crippen LogP contribution in [0.2, 0.25) is 0 Å². The number of anilines is 1. The van der Waals surface area contributed by atoms with E-state index >= 15 is 0 Å². The molecule has 17 heteroatoms. The van der Waals surface area contributed by atoms with Crippen LogP contribution in [0.15, 0.2) is 123 Å². The second-order valence-corrected chi connectivity index (χ2v) is 18.9. The normalized spacial score (nSPS) is 18.4. The predicted octanol–water partition coefficient (Wildman–Crippen LogP) is 5.52. The van der Waals surface area contributed by atoms with E-state index in [1.54, 1.807) is 30.3 Å². The molecule has 3 amide bonds. The Bertz CT molecular complexity index is 2480. The molecular weight excluding hydrogens is 793 g/mol. The van der Waals surface area contributed by atoms with Crippen molar-refractivity contribution in [1.29, 1.82) is 0 Å². The Morgan fingerprint density at radius 2 is 1.63 bits per heavy atom. The van der Waals surface area contributed by atoms with Gasteiger partial charge in [-0.3, -0.25) is 9.69 Å². The van der Waals surface area contributed by atoms with Crippen molar-refractivity contribution in [2.45, 2.75) is 51.9 Å². The number of phenols is 1. The number of urea groups is 1. The molecule has 1 fully saturated rings. The van der Waals surface area contributed by atoms with Gasteiger partial charge in [0.05, 0.1) is 35.5 Å². The molecule has 5 aromatic rings. The fraction of sp³-hybridized carbons (Fsp3) is 0.250. The van der Waals surface area contributed by atoms with Gasteiger partial charge in [0.25, 0.3) is 0 Å². The van der Waals surface area contributed by atoms with E-state index in [4.69, 9.17) is 19.4 Å². The Balaban J connectivity index is 1.07. The lowest BCUT2D eigenvalue weighted by atomic mass is 9.98. The number of imide groups is 1. The maximum atomic E-state index is 14.2. The molecule has 0 bridgehead atoms. The molecule has 2 aliphatic heterocycles. The third-order valence-electron chi connectivity index (χ3n) is 9.89. The lowest BCUT2D eigenvalue weighted by molar-refractivity contribution is -0.928. The number of ether oxygens (including phenoxy) is 2. The summed E-state index contributed by atoms with van der Waals surface area (Å²) < 4.78 is 68.9. The number of nitrogens with two attached hydrogens (primary N) is 1. The first-order valence-electron chi connectivity index (χ1n) is 18.0. The monoisotopic (exact) mass is 833 g/mol. The number of nitrogens with zero attached hydrogens (tertiary/aromatic N) is 2. The molecule has 3 heterocycles. The van der Waals surface area contributed by atoms with Gasteiger partial charge in [0.2, 0.25) is 22.5 Å². The van der Waals surface area contributed by atoms with E-state index in [2.05, 4.69) is 12.4 Å². The average Bonchev–Trinajstić information content (AvgIpc) is 3.88. The van der Waals surface area contributed by atoms with Crippen molar-refractivity contribution in [2.24, 2.45) is 5.73 Å². The highest BCUT2D eigenvalue weighted by Gasteiger charge is 2.41. The number of carbonyl (C=O) groups excluding carboxylic acids is 2. The molecule has 3 atom stereocenters. The first kappa shape index (κ1) is 39.8. The number of benzene rings is 4. The van der Waals surface area contributed by atoms with Crippen LogP contribution in [-0.4, -0.2) is 82.3 Å². The Morgan fingerprint density at radius 1 is 0.930 bits per heavy atom. The fourth-order valence-corrected chi connectivity index (χ4v) is 10.9. The van der Waals surface area contributed by atoms with Crippen LogP contribution in [-0.2, 0) is 37.7 Å². The third kappa shape index (κ3) is 9.08. The lowest BCUT2D eigenvalue weighted by Crippen LogP contribution is -2.62. The van der Waals surface area contributed by atoms with Gasteiger partial charge in [-0.25, -0.2) is 13.2 Å². The number of likely N-dealkylation sites (tertiary alicyclic amines) is 1. The van der Waals surface area contributed by atoms with E-state index in [-0.39, 0.29) is 44.4 Å². The van der Waals surface area contributed by atoms with Gasteiger partial charge < -0.3 is 34.3 Å². The molecule has 0 aliphatic carbocycles. The summed E-state index contributed by atoms with van der Waals surface area (Å²) in [5, 5.41) is 13.8. The summed E-state index contributed by atoms with van der Waals surface area (Å²) in [5.41, 5.74) is 8.47. The van der Waals surface area contributed by atoms with Crippen molar-refractivity contribution in [3.8, 4) is 23.0 Å². The van der Waals surface area contributed by atoms with Crippen LogP contribution in [0.25, 0.3) is 0 Å². The summed E-state index contributed by atoms with van der Waals surface area (Å²) in [6.45, 7) is 2.06. The van der Waals surface area contributed by atoms with Crippen molar-refractivity contribution >= 4 is 48.9 Å². The highest BCUT2D eigenvalue weighted by molar-refractivity contribution is 7.92. The molecule has 298 valence electrons. The van der Waals surface area contributed by atoms with Gasteiger partial charge in [-0.05, 0) is 97.6 Å². The maximum Gasteiger partial charge on any atom is 0.348 e. The number of thiophene rings is 1. The van der Waals surface area contributed by atoms with Crippen LogP contribution in [0.3, 0.4) is 0 Å². The van der Waals surface area contributed by atoms with Gasteiger partial charge in [-0.2, -0.15) is 8.42 Å². The van der Waals surface area contributed by atoms with Crippen molar-refractivity contribution in [3.05, 3.63) is 120 Å². The summed E-state index contributed by atoms with van der Waals surface area (Å²) in [7, 11) is -6.27. The molecular formula is C40H41N4O10S3+. The zero-order valence-corrected chi connectivity index (χ0v) is 33.3.